The first-order valence-electron chi connectivity index (χ1n) is 12.2. The van der Waals surface area contributed by atoms with Crippen LogP contribution in [0.25, 0.3) is 0 Å². The van der Waals surface area contributed by atoms with Gasteiger partial charge in [-0.25, -0.2) is 0 Å². The molecule has 0 aromatic heterocycles. The van der Waals surface area contributed by atoms with Crippen LogP contribution in [0.2, 0.25) is 0 Å². The van der Waals surface area contributed by atoms with E-state index >= 15 is 0 Å². The molecule has 0 radical (unpaired) electrons. The Hall–Kier alpha value is -0.610. The van der Waals surface area contributed by atoms with E-state index < -0.39 is 0 Å². The van der Waals surface area contributed by atoms with E-state index in [-0.39, 0.29) is 41.4 Å². The molecule has 0 bridgehead atoms. The van der Waals surface area contributed by atoms with Gasteiger partial charge in [0.1, 0.15) is 0 Å². The van der Waals surface area contributed by atoms with Crippen molar-refractivity contribution in [3.05, 3.63) is 0 Å². The molecule has 8 heteroatoms. The summed E-state index contributed by atoms with van der Waals surface area (Å²) in [6, 6.07) is 0. The summed E-state index contributed by atoms with van der Waals surface area (Å²) in [5.74, 6) is 1.03. The monoisotopic (exact) mass is 549 g/mol. The third kappa shape index (κ3) is 7.19. The van der Waals surface area contributed by atoms with Crippen LogP contribution < -0.4 is 5.32 Å². The van der Waals surface area contributed by atoms with Gasteiger partial charge >= 0.3 is 5.97 Å². The summed E-state index contributed by atoms with van der Waals surface area (Å²) >= 11 is 0. The van der Waals surface area contributed by atoms with E-state index in [4.69, 9.17) is 9.73 Å². The molecule has 180 valence electrons. The van der Waals surface area contributed by atoms with E-state index in [1.165, 1.54) is 45.2 Å². The Morgan fingerprint density at radius 1 is 1.03 bits per heavy atom. The summed E-state index contributed by atoms with van der Waals surface area (Å²) in [4.78, 5) is 24.8. The molecule has 0 atom stereocenters. The van der Waals surface area contributed by atoms with Crippen molar-refractivity contribution in [1.29, 1.82) is 0 Å². The highest BCUT2D eigenvalue weighted by atomic mass is 127. The van der Waals surface area contributed by atoms with Gasteiger partial charge in [0.2, 0.25) is 0 Å². The van der Waals surface area contributed by atoms with Gasteiger partial charge in [-0.2, -0.15) is 0 Å². The number of nitrogens with one attached hydrogen (secondary N) is 1. The number of ether oxygens (including phenoxy) is 1. The Bertz CT molecular complexity index is 566. The summed E-state index contributed by atoms with van der Waals surface area (Å²) in [5, 5.41) is 3.52. The van der Waals surface area contributed by atoms with Gasteiger partial charge in [0.15, 0.2) is 5.96 Å². The van der Waals surface area contributed by atoms with Crippen LogP contribution in [0, 0.1) is 5.92 Å². The zero-order valence-corrected chi connectivity index (χ0v) is 22.2. The van der Waals surface area contributed by atoms with Crippen LogP contribution in [0.3, 0.4) is 0 Å². The van der Waals surface area contributed by atoms with E-state index in [1.807, 2.05) is 6.92 Å². The maximum atomic E-state index is 12.1. The molecule has 3 fully saturated rings. The summed E-state index contributed by atoms with van der Waals surface area (Å²) in [5.41, 5.74) is 0.205. The second-order valence-corrected chi connectivity index (χ2v) is 9.26. The topological polar surface area (TPSA) is 60.4 Å². The molecule has 3 aliphatic heterocycles. The number of halogens is 1. The van der Waals surface area contributed by atoms with Crippen molar-refractivity contribution in [2.45, 2.75) is 64.3 Å². The minimum absolute atomic E-state index is 0. The molecular formula is C23H44IN5O2. The maximum absolute atomic E-state index is 12.1. The number of likely N-dealkylation sites (tertiary alicyclic amines) is 3. The number of hydrogen-bond donors (Lipinski definition) is 1. The van der Waals surface area contributed by atoms with E-state index in [0.29, 0.717) is 6.61 Å². The summed E-state index contributed by atoms with van der Waals surface area (Å²) < 4.78 is 5.23. The van der Waals surface area contributed by atoms with Crippen LogP contribution in [-0.2, 0) is 9.53 Å². The first-order valence-corrected chi connectivity index (χ1v) is 12.2. The number of aliphatic imine (C=N–C) groups is 1. The molecule has 3 saturated heterocycles. The highest BCUT2D eigenvalue weighted by Gasteiger charge is 2.40. The van der Waals surface area contributed by atoms with E-state index in [9.17, 15) is 4.79 Å². The van der Waals surface area contributed by atoms with Crippen LogP contribution >= 0.6 is 24.0 Å². The van der Waals surface area contributed by atoms with Crippen molar-refractivity contribution in [2.75, 3.05) is 66.0 Å². The van der Waals surface area contributed by atoms with E-state index in [1.54, 1.807) is 0 Å². The third-order valence-corrected chi connectivity index (χ3v) is 7.22. The Balaban J connectivity index is 0.00000341. The number of carbonyl (C=O) groups excluding carboxylic acids is 1. The van der Waals surface area contributed by atoms with Gasteiger partial charge in [-0.3, -0.25) is 14.7 Å². The fourth-order valence-electron chi connectivity index (χ4n) is 5.21. The van der Waals surface area contributed by atoms with E-state index in [2.05, 4.69) is 34.0 Å². The van der Waals surface area contributed by atoms with Crippen LogP contribution in [0.1, 0.15) is 58.8 Å². The van der Waals surface area contributed by atoms with Crippen LogP contribution in [0.15, 0.2) is 4.99 Å². The summed E-state index contributed by atoms with van der Waals surface area (Å²) in [6.07, 6.45) is 8.13. The van der Waals surface area contributed by atoms with Gasteiger partial charge in [-0.15, -0.1) is 24.0 Å². The molecule has 3 aliphatic rings. The van der Waals surface area contributed by atoms with Crippen LogP contribution in [0.4, 0.5) is 0 Å². The van der Waals surface area contributed by atoms with Crippen LogP contribution in [-0.4, -0.2) is 98.2 Å². The smallest absolute Gasteiger partial charge is 0.309 e. The number of guanidine groups is 1. The molecule has 3 heterocycles. The van der Waals surface area contributed by atoms with Gasteiger partial charge in [-0.05, 0) is 85.6 Å². The highest BCUT2D eigenvalue weighted by Crippen LogP contribution is 2.32. The fourth-order valence-corrected chi connectivity index (χ4v) is 5.21. The predicted molar refractivity (Wildman–Crippen MR) is 137 cm³/mol. The molecule has 3 rings (SSSR count). The predicted octanol–water partition coefficient (Wildman–Crippen LogP) is 2.80. The Morgan fingerprint density at radius 2 is 1.68 bits per heavy atom. The number of nitrogens with zero attached hydrogens (tertiary/aromatic N) is 4. The minimum atomic E-state index is -0.0329. The zero-order valence-electron chi connectivity index (χ0n) is 19.9. The molecule has 0 aromatic rings. The molecule has 0 aromatic carbocycles. The van der Waals surface area contributed by atoms with Crippen molar-refractivity contribution in [3.8, 4) is 0 Å². The lowest BCUT2D eigenvalue weighted by Gasteiger charge is -2.49. The van der Waals surface area contributed by atoms with Crippen molar-refractivity contribution in [3.63, 3.8) is 0 Å². The first kappa shape index (κ1) is 26.6. The van der Waals surface area contributed by atoms with Crippen molar-refractivity contribution in [2.24, 2.45) is 10.9 Å². The largest absolute Gasteiger partial charge is 0.466 e. The van der Waals surface area contributed by atoms with Gasteiger partial charge in [0, 0.05) is 25.2 Å². The third-order valence-electron chi connectivity index (χ3n) is 7.22. The molecule has 0 saturated carbocycles. The maximum Gasteiger partial charge on any atom is 0.309 e. The summed E-state index contributed by atoms with van der Waals surface area (Å²) in [7, 11) is 2.24. The first-order chi connectivity index (χ1) is 14.6. The molecule has 7 nitrogen and oxygen atoms in total. The second kappa shape index (κ2) is 13.2. The standard InChI is InChI=1S/C23H43N5O2.HI/c1-4-24-22(27-15-9-20(10-16-27)21(29)30-5-2)25-19-23(11-17-26(3)18-12-23)28-13-7-6-8-14-28;/h20H,4-19H2,1-3H3,(H,24,25);1H. The van der Waals surface area contributed by atoms with Crippen molar-refractivity contribution in [1.82, 2.24) is 20.0 Å². The Morgan fingerprint density at radius 3 is 2.26 bits per heavy atom. The fraction of sp³-hybridized carbons (Fsp3) is 0.913. The average molecular weight is 550 g/mol. The molecule has 0 spiro atoms. The lowest BCUT2D eigenvalue weighted by molar-refractivity contribution is -0.149. The van der Waals surface area contributed by atoms with E-state index in [0.717, 1.165) is 58.1 Å². The molecular weight excluding hydrogens is 505 g/mol. The van der Waals surface area contributed by atoms with Crippen molar-refractivity contribution >= 4 is 35.9 Å². The zero-order chi connectivity index (χ0) is 21.4. The molecule has 0 unspecified atom stereocenters. The van der Waals surface area contributed by atoms with Crippen molar-refractivity contribution < 1.29 is 9.53 Å². The SMILES string of the molecule is CCNC(=NCC1(N2CCCCC2)CCN(C)CC1)N1CCC(C(=O)OCC)CC1.I. The van der Waals surface area contributed by atoms with Gasteiger partial charge < -0.3 is 19.9 Å². The lowest BCUT2D eigenvalue weighted by atomic mass is 9.84. The number of piperidine rings is 3. The quantitative estimate of drug-likeness (QED) is 0.238. The van der Waals surface area contributed by atoms with Crippen LogP contribution in [0.5, 0.6) is 0 Å². The average Bonchev–Trinajstić information content (AvgIpc) is 2.79. The highest BCUT2D eigenvalue weighted by molar-refractivity contribution is 14.0. The normalized spacial score (nSPS) is 23.8. The molecule has 31 heavy (non-hydrogen) atoms. The Labute approximate surface area is 206 Å². The van der Waals surface area contributed by atoms with Gasteiger partial charge in [-0.1, -0.05) is 6.42 Å². The second-order valence-electron chi connectivity index (χ2n) is 9.26. The molecule has 0 amide bonds. The lowest BCUT2D eigenvalue weighted by Crippen LogP contribution is -2.58. The minimum Gasteiger partial charge on any atom is -0.466 e. The van der Waals surface area contributed by atoms with Gasteiger partial charge in [0.05, 0.1) is 19.1 Å². The number of esters is 1. The molecule has 0 aliphatic carbocycles. The van der Waals surface area contributed by atoms with Gasteiger partial charge in [0.25, 0.3) is 0 Å². The number of carbonyl (C=O) groups is 1. The summed E-state index contributed by atoms with van der Waals surface area (Å²) in [6.45, 7) is 12.7. The number of rotatable bonds is 6. The number of hydrogen-bond acceptors (Lipinski definition) is 5. The molecule has 1 N–H and O–H groups in total. The Kier molecular flexibility index (Phi) is 11.3.